The Kier molecular flexibility index (Phi) is 11.1. The number of rotatable bonds is 11. The maximum Gasteiger partial charge on any atom is 0.309 e. The number of Topliss-reactive ketones (excluding diaryl/α,β-unsaturated/α-hetero) is 1. The van der Waals surface area contributed by atoms with Gasteiger partial charge in [0.1, 0.15) is 18.0 Å². The van der Waals surface area contributed by atoms with Gasteiger partial charge in [0.2, 0.25) is 0 Å². The van der Waals surface area contributed by atoms with Gasteiger partial charge in [0.15, 0.2) is 5.78 Å². The number of nitrogens with zero attached hydrogens (tertiary/aromatic N) is 1. The van der Waals surface area contributed by atoms with E-state index < -0.39 is 28.9 Å². The van der Waals surface area contributed by atoms with Crippen LogP contribution in [0.25, 0.3) is 0 Å². The number of aliphatic carboxylic acids is 1. The molecular formula is C47H68FNO7. The number of fused-ring (bicyclic) bond motifs is 7. The second-order valence-electron chi connectivity index (χ2n) is 21.0. The summed E-state index contributed by atoms with van der Waals surface area (Å²) in [6.45, 7) is 22.0. The van der Waals surface area contributed by atoms with Crippen LogP contribution in [-0.2, 0) is 35.2 Å². The lowest BCUT2D eigenvalue weighted by molar-refractivity contribution is -0.235. The average molecular weight is 778 g/mol. The van der Waals surface area contributed by atoms with E-state index in [0.29, 0.717) is 31.3 Å². The van der Waals surface area contributed by atoms with Crippen LogP contribution in [0.15, 0.2) is 35.4 Å². The first-order chi connectivity index (χ1) is 25.9. The molecule has 4 saturated carbocycles. The van der Waals surface area contributed by atoms with Crippen molar-refractivity contribution in [2.75, 3.05) is 13.6 Å². The first kappa shape index (κ1) is 42.5. The summed E-state index contributed by atoms with van der Waals surface area (Å²) in [4.78, 5) is 54.3. The highest BCUT2D eigenvalue weighted by Crippen LogP contribution is 2.77. The number of carbonyl (C=O) groups is 4. The minimum absolute atomic E-state index is 0.00450. The molecule has 310 valence electrons. The van der Waals surface area contributed by atoms with E-state index in [2.05, 4.69) is 53.4 Å². The molecule has 0 unspecified atom stereocenters. The van der Waals surface area contributed by atoms with Gasteiger partial charge < -0.3 is 14.6 Å². The molecule has 0 radical (unpaired) electrons. The predicted molar refractivity (Wildman–Crippen MR) is 214 cm³/mol. The van der Waals surface area contributed by atoms with Gasteiger partial charge in [0, 0.05) is 37.3 Å². The molecule has 9 heteroatoms. The fraction of sp³-hybridized carbons (Fsp3) is 0.745. The van der Waals surface area contributed by atoms with Gasteiger partial charge >= 0.3 is 17.9 Å². The van der Waals surface area contributed by atoms with Crippen LogP contribution in [0.2, 0.25) is 0 Å². The fourth-order valence-electron chi connectivity index (χ4n) is 13.7. The fourth-order valence-corrected chi connectivity index (χ4v) is 13.7. The number of carboxylic acid groups (broad SMARTS) is 1. The summed E-state index contributed by atoms with van der Waals surface area (Å²) in [7, 11) is 2.01. The van der Waals surface area contributed by atoms with Gasteiger partial charge in [-0.2, -0.15) is 0 Å². The number of esters is 2. The number of carbonyl (C=O) groups excluding carboxylic acids is 3. The summed E-state index contributed by atoms with van der Waals surface area (Å²) in [6.07, 6.45) is 6.92. The molecular weight excluding hydrogens is 710 g/mol. The molecule has 6 rings (SSSR count). The number of ether oxygens (including phenoxy) is 2. The van der Waals surface area contributed by atoms with Crippen LogP contribution in [0.1, 0.15) is 139 Å². The van der Waals surface area contributed by atoms with Crippen molar-refractivity contribution in [1.82, 2.24) is 4.90 Å². The molecule has 5 aliphatic rings. The Labute approximate surface area is 334 Å². The standard InChI is InChI=1S/C47H68FNO7/c1-28(2)39-33(51)24-47(37(55-29(3)50)27-49(11)26-30-12-14-31(48)15-13-30)23-22-45(9)32(40(39)47)16-17-35-44(8)20-19-36(56-38(52)25-42(4,5)41(53)54)43(6,7)34(44)18-21-46(35,45)10/h12-15,28,32,34-37H,16-27H2,1-11H3,(H,53,54)/t32-,34+,35-,36+,37-,44+,45-,46-,47+/m1/s1. The topological polar surface area (TPSA) is 110 Å². The van der Waals surface area contributed by atoms with Gasteiger partial charge in [0.25, 0.3) is 0 Å². The van der Waals surface area contributed by atoms with Gasteiger partial charge in [-0.3, -0.25) is 24.1 Å². The quantitative estimate of drug-likeness (QED) is 0.221. The molecule has 0 aliphatic heterocycles. The Morgan fingerprint density at radius 1 is 0.929 bits per heavy atom. The SMILES string of the molecule is CC(=O)O[C@H](CN(C)Cc1ccc(F)cc1)[C@@]12CC[C@]3(C)[C@H](CC[C@@H]4[C@@]5(C)CC[C@H](OC(=O)CC(C)(C)C(=O)O)C(C)(C)[C@@H]5CC[C@]43C)C1=C(C(C)C)C(=O)C2. The van der Waals surface area contributed by atoms with Gasteiger partial charge in [-0.15, -0.1) is 0 Å². The third-order valence-electron chi connectivity index (χ3n) is 16.6. The molecule has 8 nitrogen and oxygen atoms in total. The van der Waals surface area contributed by atoms with E-state index in [4.69, 9.17) is 9.47 Å². The van der Waals surface area contributed by atoms with Crippen LogP contribution in [0.3, 0.4) is 0 Å². The third-order valence-corrected chi connectivity index (χ3v) is 16.6. The van der Waals surface area contributed by atoms with E-state index >= 15 is 0 Å². The number of allylic oxidation sites excluding steroid dienone is 1. The summed E-state index contributed by atoms with van der Waals surface area (Å²) < 4.78 is 26.2. The summed E-state index contributed by atoms with van der Waals surface area (Å²) >= 11 is 0. The molecule has 0 spiro atoms. The maximum atomic E-state index is 14.3. The third kappa shape index (κ3) is 6.87. The smallest absolute Gasteiger partial charge is 0.309 e. The van der Waals surface area contributed by atoms with Crippen molar-refractivity contribution in [3.63, 3.8) is 0 Å². The zero-order valence-corrected chi connectivity index (χ0v) is 36.0. The maximum absolute atomic E-state index is 14.3. The zero-order valence-electron chi connectivity index (χ0n) is 36.0. The largest absolute Gasteiger partial charge is 0.481 e. The van der Waals surface area contributed by atoms with Gasteiger partial charge in [-0.25, -0.2) is 4.39 Å². The Bertz CT molecular complexity index is 1760. The number of halogens is 1. The van der Waals surface area contributed by atoms with Crippen LogP contribution < -0.4 is 0 Å². The van der Waals surface area contributed by atoms with Crippen molar-refractivity contribution < 1.29 is 38.1 Å². The normalized spacial score (nSPS) is 35.6. The summed E-state index contributed by atoms with van der Waals surface area (Å²) in [5, 5.41) is 9.64. The molecule has 5 aliphatic carbocycles. The molecule has 1 aromatic carbocycles. The van der Waals surface area contributed by atoms with E-state index in [-0.39, 0.29) is 63.6 Å². The number of benzene rings is 1. The molecule has 1 N–H and O–H groups in total. The van der Waals surface area contributed by atoms with Crippen molar-refractivity contribution in [3.8, 4) is 0 Å². The van der Waals surface area contributed by atoms with E-state index in [1.165, 1.54) is 24.6 Å². The highest BCUT2D eigenvalue weighted by Gasteiger charge is 2.71. The molecule has 56 heavy (non-hydrogen) atoms. The van der Waals surface area contributed by atoms with Crippen molar-refractivity contribution in [3.05, 3.63) is 46.8 Å². The first-order valence-electron chi connectivity index (χ1n) is 21.2. The van der Waals surface area contributed by atoms with E-state index in [9.17, 15) is 28.7 Å². The Balaban J connectivity index is 1.31. The first-order valence-corrected chi connectivity index (χ1v) is 21.2. The molecule has 0 aromatic heterocycles. The van der Waals surface area contributed by atoms with E-state index in [1.807, 2.05) is 7.05 Å². The van der Waals surface area contributed by atoms with Gasteiger partial charge in [-0.05, 0) is 141 Å². The van der Waals surface area contributed by atoms with Crippen LogP contribution in [0.4, 0.5) is 4.39 Å². The second-order valence-corrected chi connectivity index (χ2v) is 21.0. The lowest BCUT2D eigenvalue weighted by Gasteiger charge is -2.72. The molecule has 0 bridgehead atoms. The highest BCUT2D eigenvalue weighted by molar-refractivity contribution is 6.01. The number of carboxylic acids is 1. The molecule has 1 aromatic rings. The summed E-state index contributed by atoms with van der Waals surface area (Å²) in [5.74, 6) is -0.853. The number of likely N-dealkylation sites (N-methyl/N-ethyl adjacent to an activating group) is 1. The van der Waals surface area contributed by atoms with Crippen LogP contribution in [0.5, 0.6) is 0 Å². The molecule has 0 saturated heterocycles. The molecule has 9 atom stereocenters. The van der Waals surface area contributed by atoms with Crippen molar-refractivity contribution in [2.45, 2.75) is 152 Å². The Morgan fingerprint density at radius 3 is 2.20 bits per heavy atom. The summed E-state index contributed by atoms with van der Waals surface area (Å²) in [6, 6.07) is 6.51. The minimum atomic E-state index is -1.18. The predicted octanol–water partition coefficient (Wildman–Crippen LogP) is 9.58. The van der Waals surface area contributed by atoms with Crippen LogP contribution >= 0.6 is 0 Å². The Morgan fingerprint density at radius 2 is 1.59 bits per heavy atom. The van der Waals surface area contributed by atoms with Crippen LogP contribution in [0, 0.1) is 62.0 Å². The lowest BCUT2D eigenvalue weighted by atomic mass is 9.33. The number of hydrogen-bond acceptors (Lipinski definition) is 7. The molecule has 4 fully saturated rings. The lowest BCUT2D eigenvalue weighted by Crippen LogP contribution is -2.66. The van der Waals surface area contributed by atoms with Crippen molar-refractivity contribution in [1.29, 1.82) is 0 Å². The monoisotopic (exact) mass is 777 g/mol. The zero-order chi connectivity index (χ0) is 41.4. The van der Waals surface area contributed by atoms with Crippen molar-refractivity contribution in [2.24, 2.45) is 56.2 Å². The number of hydrogen-bond donors (Lipinski definition) is 1. The van der Waals surface area contributed by atoms with E-state index in [0.717, 1.165) is 62.5 Å². The molecule has 0 heterocycles. The molecule has 0 amide bonds. The summed E-state index contributed by atoms with van der Waals surface area (Å²) in [5.41, 5.74) is 1.09. The second kappa shape index (κ2) is 14.6. The Hall–Kier alpha value is -3.07. The number of ketones is 1. The highest BCUT2D eigenvalue weighted by atomic mass is 19.1. The van der Waals surface area contributed by atoms with Crippen LogP contribution in [-0.4, -0.2) is 59.5 Å². The van der Waals surface area contributed by atoms with Gasteiger partial charge in [0.05, 0.1) is 11.8 Å². The average Bonchev–Trinajstić information content (AvgIpc) is 3.40. The van der Waals surface area contributed by atoms with E-state index in [1.54, 1.807) is 26.0 Å². The van der Waals surface area contributed by atoms with Crippen molar-refractivity contribution >= 4 is 23.7 Å². The minimum Gasteiger partial charge on any atom is -0.481 e. The van der Waals surface area contributed by atoms with Gasteiger partial charge in [-0.1, -0.05) is 60.6 Å².